The highest BCUT2D eigenvalue weighted by atomic mass is 32.2. The second-order valence-corrected chi connectivity index (χ2v) is 7.53. The standard InChI is InChI=1S/C14H18FNO2S/c1-9(16-19(17)14(2,3)4)10-6-5-7-11-12(15)8-18-13(10)11/h5-9,16H,1-4H3/t9-,19?/m1/s1. The zero-order valence-corrected chi connectivity index (χ0v) is 12.3. The first-order valence-corrected chi connectivity index (χ1v) is 7.29. The molecule has 0 aliphatic heterocycles. The van der Waals surface area contributed by atoms with Gasteiger partial charge < -0.3 is 8.97 Å². The van der Waals surface area contributed by atoms with Gasteiger partial charge in [-0.05, 0) is 33.8 Å². The number of para-hydroxylation sites is 1. The number of hydrogen-bond donors (Lipinski definition) is 1. The summed E-state index contributed by atoms with van der Waals surface area (Å²) in [5.41, 5.74) is 1.31. The lowest BCUT2D eigenvalue weighted by Gasteiger charge is -2.26. The molecule has 3 nitrogen and oxygen atoms in total. The molecule has 2 aromatic rings. The Morgan fingerprint density at radius 1 is 1.37 bits per heavy atom. The molecule has 1 heterocycles. The Labute approximate surface area is 115 Å². The van der Waals surface area contributed by atoms with Crippen molar-refractivity contribution >= 4 is 22.3 Å². The quantitative estimate of drug-likeness (QED) is 0.874. The average molecular weight is 283 g/mol. The monoisotopic (exact) mass is 283 g/mol. The van der Waals surface area contributed by atoms with Crippen molar-refractivity contribution in [2.75, 3.05) is 0 Å². The minimum absolute atomic E-state index is 0.186. The topological polar surface area (TPSA) is 48.2 Å². The van der Waals surface area contributed by atoms with E-state index in [1.807, 2.05) is 33.8 Å². The van der Waals surface area contributed by atoms with E-state index in [0.717, 1.165) is 11.8 Å². The molecular weight excluding hydrogens is 265 g/mol. The van der Waals surface area contributed by atoms with E-state index in [4.69, 9.17) is 4.42 Å². The molecule has 0 aliphatic carbocycles. The maximum Gasteiger partial charge on any atom is 0.169 e. The Balaban J connectivity index is 2.29. The molecule has 0 saturated carbocycles. The van der Waals surface area contributed by atoms with Gasteiger partial charge in [-0.25, -0.2) is 4.39 Å². The first kappa shape index (κ1) is 14.4. The normalized spacial score (nSPS) is 15.7. The van der Waals surface area contributed by atoms with Gasteiger partial charge in [0.05, 0.1) is 11.4 Å². The lowest BCUT2D eigenvalue weighted by Crippen LogP contribution is -2.40. The van der Waals surface area contributed by atoms with Gasteiger partial charge in [0.15, 0.2) is 5.82 Å². The van der Waals surface area contributed by atoms with Gasteiger partial charge in [-0.15, -0.1) is 4.72 Å². The highest BCUT2D eigenvalue weighted by Crippen LogP contribution is 2.28. The maximum atomic E-state index is 13.5. The van der Waals surface area contributed by atoms with E-state index in [0.29, 0.717) is 11.0 Å². The third-order valence-electron chi connectivity index (χ3n) is 2.89. The zero-order chi connectivity index (χ0) is 14.2. The highest BCUT2D eigenvalue weighted by molar-refractivity contribution is 7.90. The summed E-state index contributed by atoms with van der Waals surface area (Å²) in [6, 6.07) is 5.11. The Bertz CT molecular complexity index is 576. The van der Waals surface area contributed by atoms with Crippen LogP contribution in [0.4, 0.5) is 4.39 Å². The van der Waals surface area contributed by atoms with E-state index >= 15 is 0 Å². The number of nitrogens with one attached hydrogen (secondary N) is 1. The summed E-state index contributed by atoms with van der Waals surface area (Å²) < 4.78 is 33.5. The third-order valence-corrected chi connectivity index (χ3v) is 4.57. The lowest BCUT2D eigenvalue weighted by molar-refractivity contribution is 0.527. The second kappa shape index (κ2) is 5.15. The number of furan rings is 1. The molecule has 2 atom stereocenters. The maximum absolute atomic E-state index is 13.5. The smallest absolute Gasteiger partial charge is 0.169 e. The Morgan fingerprint density at radius 2 is 2.05 bits per heavy atom. The van der Waals surface area contributed by atoms with Crippen LogP contribution in [0.1, 0.15) is 39.3 Å². The largest absolute Gasteiger partial charge is 0.598 e. The molecule has 19 heavy (non-hydrogen) atoms. The van der Waals surface area contributed by atoms with Crippen molar-refractivity contribution in [2.45, 2.75) is 38.5 Å². The van der Waals surface area contributed by atoms with Crippen LogP contribution in [0.15, 0.2) is 28.9 Å². The Kier molecular flexibility index (Phi) is 3.90. The summed E-state index contributed by atoms with van der Waals surface area (Å²) in [5.74, 6) is -0.374. The van der Waals surface area contributed by atoms with Crippen molar-refractivity contribution in [3.63, 3.8) is 0 Å². The molecule has 0 bridgehead atoms. The van der Waals surface area contributed by atoms with Crippen LogP contribution in [-0.4, -0.2) is 9.30 Å². The molecule has 0 radical (unpaired) electrons. The van der Waals surface area contributed by atoms with Gasteiger partial charge in [-0.2, -0.15) is 0 Å². The molecule has 5 heteroatoms. The summed E-state index contributed by atoms with van der Waals surface area (Å²) in [6.45, 7) is 7.58. The molecule has 1 unspecified atom stereocenters. The van der Waals surface area contributed by atoms with Gasteiger partial charge in [0.1, 0.15) is 16.6 Å². The molecule has 2 rings (SSSR count). The van der Waals surface area contributed by atoms with E-state index in [9.17, 15) is 8.94 Å². The molecule has 0 aliphatic rings. The van der Waals surface area contributed by atoms with Gasteiger partial charge in [-0.3, -0.25) is 0 Å². The fraction of sp³-hybridized carbons (Fsp3) is 0.429. The van der Waals surface area contributed by atoms with Gasteiger partial charge in [-0.1, -0.05) is 12.1 Å². The van der Waals surface area contributed by atoms with Crippen molar-refractivity contribution in [3.8, 4) is 0 Å². The number of hydrogen-bond acceptors (Lipinski definition) is 3. The fourth-order valence-electron chi connectivity index (χ4n) is 1.79. The summed E-state index contributed by atoms with van der Waals surface area (Å²) in [5, 5.41) is 0.452. The first-order chi connectivity index (χ1) is 8.80. The molecule has 1 aromatic carbocycles. The molecule has 104 valence electrons. The zero-order valence-electron chi connectivity index (χ0n) is 11.5. The molecule has 0 amide bonds. The fourth-order valence-corrected chi connectivity index (χ4v) is 2.59. The molecule has 0 fully saturated rings. The Hall–Kier alpha value is -1.04. The third kappa shape index (κ3) is 2.94. The van der Waals surface area contributed by atoms with Crippen molar-refractivity contribution in [1.82, 2.24) is 4.72 Å². The van der Waals surface area contributed by atoms with E-state index in [2.05, 4.69) is 4.72 Å². The molecular formula is C14H18FNO2S. The minimum atomic E-state index is -1.19. The van der Waals surface area contributed by atoms with Crippen LogP contribution in [0.3, 0.4) is 0 Å². The molecule has 0 saturated heterocycles. The van der Waals surface area contributed by atoms with E-state index in [-0.39, 0.29) is 16.6 Å². The van der Waals surface area contributed by atoms with E-state index in [1.165, 1.54) is 0 Å². The van der Waals surface area contributed by atoms with Crippen LogP contribution >= 0.6 is 0 Å². The molecule has 0 spiro atoms. The summed E-state index contributed by atoms with van der Waals surface area (Å²) in [4.78, 5) is 0. The van der Waals surface area contributed by atoms with Crippen LogP contribution in [-0.2, 0) is 11.4 Å². The van der Waals surface area contributed by atoms with Gasteiger partial charge in [0.2, 0.25) is 0 Å². The van der Waals surface area contributed by atoms with Gasteiger partial charge >= 0.3 is 0 Å². The van der Waals surface area contributed by atoms with E-state index in [1.54, 1.807) is 12.1 Å². The van der Waals surface area contributed by atoms with Gasteiger partial charge in [0, 0.05) is 16.9 Å². The van der Waals surface area contributed by atoms with Gasteiger partial charge in [0.25, 0.3) is 0 Å². The van der Waals surface area contributed by atoms with Crippen LogP contribution in [0, 0.1) is 5.82 Å². The SMILES string of the molecule is C[C@@H](N[S+]([O-])C(C)(C)C)c1cccc2c(F)coc12. The average Bonchev–Trinajstić information content (AvgIpc) is 2.70. The highest BCUT2D eigenvalue weighted by Gasteiger charge is 2.29. The number of rotatable bonds is 3. The number of benzene rings is 1. The van der Waals surface area contributed by atoms with Crippen LogP contribution < -0.4 is 4.72 Å². The summed E-state index contributed by atoms with van der Waals surface area (Å²) in [6.07, 6.45) is 1.10. The van der Waals surface area contributed by atoms with Crippen molar-refractivity contribution < 1.29 is 13.4 Å². The van der Waals surface area contributed by atoms with E-state index < -0.39 is 11.4 Å². The van der Waals surface area contributed by atoms with Crippen molar-refractivity contribution in [3.05, 3.63) is 35.8 Å². The predicted molar refractivity (Wildman–Crippen MR) is 75.6 cm³/mol. The number of fused-ring (bicyclic) bond motifs is 1. The molecule has 1 aromatic heterocycles. The molecule has 1 N–H and O–H groups in total. The number of halogens is 1. The second-order valence-electron chi connectivity index (χ2n) is 5.53. The van der Waals surface area contributed by atoms with Crippen molar-refractivity contribution in [1.29, 1.82) is 0 Å². The van der Waals surface area contributed by atoms with Crippen molar-refractivity contribution in [2.24, 2.45) is 0 Å². The minimum Gasteiger partial charge on any atom is -0.598 e. The summed E-state index contributed by atoms with van der Waals surface area (Å²) >= 11 is -1.19. The van der Waals surface area contributed by atoms with Crippen LogP contribution in [0.2, 0.25) is 0 Å². The Morgan fingerprint density at radius 3 is 2.68 bits per heavy atom. The first-order valence-electron chi connectivity index (χ1n) is 6.14. The lowest BCUT2D eigenvalue weighted by atomic mass is 10.1. The predicted octanol–water partition coefficient (Wildman–Crippen LogP) is 3.68. The van der Waals surface area contributed by atoms with Crippen LogP contribution in [0.5, 0.6) is 0 Å². The summed E-state index contributed by atoms with van der Waals surface area (Å²) in [7, 11) is 0. The van der Waals surface area contributed by atoms with Crippen LogP contribution in [0.25, 0.3) is 11.0 Å².